The fourth-order valence-electron chi connectivity index (χ4n) is 8.75. The van der Waals surface area contributed by atoms with Crippen molar-refractivity contribution in [2.75, 3.05) is 20.1 Å². The molecule has 8 nitrogen and oxygen atoms in total. The number of likely N-dealkylation sites (tertiary alicyclic amines) is 1. The first-order valence-electron chi connectivity index (χ1n) is 15.5. The zero-order valence-electron chi connectivity index (χ0n) is 25.4. The van der Waals surface area contributed by atoms with Crippen LogP contribution < -0.4 is 4.74 Å². The van der Waals surface area contributed by atoms with E-state index in [2.05, 4.69) is 28.9 Å². The second-order valence-electron chi connectivity index (χ2n) is 13.0. The number of phenols is 1. The lowest BCUT2D eigenvalue weighted by molar-refractivity contribution is -0.606. The minimum absolute atomic E-state index is 0.00278. The average Bonchev–Trinajstić information content (AvgIpc) is 3.37. The number of ether oxygens (including phenoxy) is 1. The maximum atomic E-state index is 13.5. The Bertz CT molecular complexity index is 1730. The summed E-state index contributed by atoms with van der Waals surface area (Å²) in [5.74, 6) is 5.81. The quantitative estimate of drug-likeness (QED) is 0.265. The van der Waals surface area contributed by atoms with Crippen molar-refractivity contribution in [3.8, 4) is 23.3 Å². The Morgan fingerprint density at radius 2 is 1.93 bits per heavy atom. The first kappa shape index (κ1) is 28.4. The Labute approximate surface area is 257 Å². The molecule has 0 unspecified atom stereocenters. The van der Waals surface area contributed by atoms with Gasteiger partial charge in [0.1, 0.15) is 11.5 Å². The van der Waals surface area contributed by atoms with Crippen molar-refractivity contribution in [1.82, 2.24) is 9.80 Å². The highest BCUT2D eigenvalue weighted by molar-refractivity contribution is 5.94. The monoisotopic (exact) mass is 591 g/mol. The van der Waals surface area contributed by atoms with Gasteiger partial charge in [0, 0.05) is 42.0 Å². The predicted octanol–water partition coefficient (Wildman–Crippen LogP) is 4.57. The molecule has 2 heterocycles. The maximum absolute atomic E-state index is 13.5. The van der Waals surface area contributed by atoms with Crippen molar-refractivity contribution in [1.29, 1.82) is 0 Å². The van der Waals surface area contributed by atoms with Gasteiger partial charge in [0.05, 0.1) is 12.1 Å². The lowest BCUT2D eigenvalue weighted by atomic mass is 9.46. The number of nitro groups is 1. The first-order valence-corrected chi connectivity index (χ1v) is 15.5. The van der Waals surface area contributed by atoms with E-state index in [9.17, 15) is 20.0 Å². The molecule has 5 atom stereocenters. The van der Waals surface area contributed by atoms with Crippen LogP contribution in [0.3, 0.4) is 0 Å². The summed E-state index contributed by atoms with van der Waals surface area (Å²) in [7, 11) is 1.72. The number of carbonyl (C=O) groups excluding carboxylic acids is 1. The van der Waals surface area contributed by atoms with E-state index in [-0.39, 0.29) is 22.6 Å². The van der Waals surface area contributed by atoms with E-state index in [0.717, 1.165) is 40.8 Å². The Kier molecular flexibility index (Phi) is 6.71. The summed E-state index contributed by atoms with van der Waals surface area (Å²) < 4.78 is 6.61. The smallest absolute Gasteiger partial charge is 0.298 e. The molecule has 8 heteroatoms. The molecule has 2 fully saturated rings. The molecule has 3 aromatic rings. The molecule has 3 aromatic carbocycles. The van der Waals surface area contributed by atoms with Gasteiger partial charge < -0.3 is 14.7 Å². The number of amides is 1. The topological polar surface area (TPSA) is 96.2 Å². The van der Waals surface area contributed by atoms with Gasteiger partial charge in [0.25, 0.3) is 11.4 Å². The molecule has 2 aliphatic carbocycles. The van der Waals surface area contributed by atoms with Gasteiger partial charge in [-0.1, -0.05) is 48.4 Å². The number of piperidine rings is 1. The second-order valence-corrected chi connectivity index (χ2v) is 13.0. The number of aromatic hydroxyl groups is 1. The summed E-state index contributed by atoms with van der Waals surface area (Å²) >= 11 is 0. The SMILES string of the molecule is Cc1ccc(C#CC(=O)N(C)[C@@H]2CC[C@@]3([N+](=O)[O-])[C@H]4Cc5ccc(O)c6c5[C@@]3(CCN4CCc3ccccc3)[C@H]2O6)cc1C. The van der Waals surface area contributed by atoms with Crippen molar-refractivity contribution in [2.24, 2.45) is 0 Å². The van der Waals surface area contributed by atoms with Crippen molar-refractivity contribution < 1.29 is 19.6 Å². The van der Waals surface area contributed by atoms with Crippen LogP contribution in [0.2, 0.25) is 0 Å². The Morgan fingerprint density at radius 1 is 1.14 bits per heavy atom. The number of rotatable bonds is 5. The molecule has 1 saturated carbocycles. The van der Waals surface area contributed by atoms with E-state index in [1.807, 2.05) is 56.3 Å². The van der Waals surface area contributed by atoms with Gasteiger partial charge >= 0.3 is 0 Å². The van der Waals surface area contributed by atoms with Crippen LogP contribution >= 0.6 is 0 Å². The third kappa shape index (κ3) is 3.99. The summed E-state index contributed by atoms with van der Waals surface area (Å²) in [5.41, 5.74) is 3.75. The molecule has 2 aliphatic heterocycles. The highest BCUT2D eigenvalue weighted by Crippen LogP contribution is 2.66. The number of likely N-dealkylation sites (N-methyl/N-ethyl adjacent to an activating group) is 1. The van der Waals surface area contributed by atoms with E-state index in [1.165, 1.54) is 5.56 Å². The maximum Gasteiger partial charge on any atom is 0.298 e. The average molecular weight is 592 g/mol. The number of carbonyl (C=O) groups is 1. The molecule has 1 N–H and O–H groups in total. The van der Waals surface area contributed by atoms with Crippen LogP contribution in [0.15, 0.2) is 60.7 Å². The molecule has 44 heavy (non-hydrogen) atoms. The fraction of sp³-hybridized carbons (Fsp3) is 0.417. The Balaban J connectivity index is 1.26. The molecule has 226 valence electrons. The van der Waals surface area contributed by atoms with E-state index in [0.29, 0.717) is 38.0 Å². The van der Waals surface area contributed by atoms with E-state index in [4.69, 9.17) is 4.74 Å². The van der Waals surface area contributed by atoms with E-state index < -0.39 is 23.1 Å². The van der Waals surface area contributed by atoms with Crippen LogP contribution in [0.25, 0.3) is 0 Å². The minimum atomic E-state index is -1.30. The summed E-state index contributed by atoms with van der Waals surface area (Å²) in [6, 6.07) is 18.9. The van der Waals surface area contributed by atoms with E-state index in [1.54, 1.807) is 18.0 Å². The molecule has 2 bridgehead atoms. The first-order chi connectivity index (χ1) is 21.2. The van der Waals surface area contributed by atoms with Crippen molar-refractivity contribution in [3.63, 3.8) is 0 Å². The molecule has 1 amide bonds. The van der Waals surface area contributed by atoms with Gasteiger partial charge in [-0.2, -0.15) is 0 Å². The summed E-state index contributed by atoms with van der Waals surface area (Å²) in [6.07, 6.45) is 1.91. The number of hydrogen-bond donors (Lipinski definition) is 1. The molecular weight excluding hydrogens is 554 g/mol. The van der Waals surface area contributed by atoms with Gasteiger partial charge in [-0.15, -0.1) is 0 Å². The molecule has 1 spiro atoms. The third-order valence-corrected chi connectivity index (χ3v) is 11.0. The van der Waals surface area contributed by atoms with Gasteiger partial charge in [-0.3, -0.25) is 19.8 Å². The fourth-order valence-corrected chi connectivity index (χ4v) is 8.75. The highest BCUT2D eigenvalue weighted by Gasteiger charge is 2.80. The molecule has 0 aromatic heterocycles. The normalized spacial score (nSPS) is 27.8. The largest absolute Gasteiger partial charge is 0.504 e. The molecule has 1 saturated heterocycles. The molecule has 7 rings (SSSR count). The van der Waals surface area contributed by atoms with Crippen LogP contribution in [0, 0.1) is 35.8 Å². The number of hydrogen-bond acceptors (Lipinski definition) is 6. The van der Waals surface area contributed by atoms with Crippen molar-refractivity contribution in [3.05, 3.63) is 104 Å². The number of phenolic OH excluding ortho intramolecular Hbond substituents is 1. The number of benzene rings is 3. The van der Waals surface area contributed by atoms with Gasteiger partial charge in [0.15, 0.2) is 11.5 Å². The molecule has 0 radical (unpaired) electrons. The summed E-state index contributed by atoms with van der Waals surface area (Å²) in [5, 5.41) is 24.5. The van der Waals surface area contributed by atoms with Crippen molar-refractivity contribution in [2.45, 2.75) is 75.1 Å². The van der Waals surface area contributed by atoms with Crippen molar-refractivity contribution >= 4 is 5.91 Å². The van der Waals surface area contributed by atoms with Crippen LogP contribution in [-0.4, -0.2) is 69.6 Å². The number of nitrogens with zero attached hydrogens (tertiary/aromatic N) is 3. The zero-order chi connectivity index (χ0) is 30.8. The number of aryl methyl sites for hydroxylation is 2. The second kappa shape index (κ2) is 10.4. The van der Waals surface area contributed by atoms with Crippen LogP contribution in [-0.2, 0) is 23.1 Å². The Morgan fingerprint density at radius 3 is 2.68 bits per heavy atom. The summed E-state index contributed by atoms with van der Waals surface area (Å²) in [4.78, 5) is 30.9. The van der Waals surface area contributed by atoms with Gasteiger partial charge in [0.2, 0.25) is 0 Å². The standard InChI is InChI=1S/C36H37N3O5/c1-23-9-10-26(21-24(23)2)11-14-31(41)37(3)28-15-17-36(39(42)43)30-22-27-12-13-29(40)33-32(27)35(36,34(28)44-33)18-20-38(30)19-16-25-7-5-4-6-8-25/h4-10,12-13,21,28,30,34,40H,15-20,22H2,1-3H3/t28-,30-,34+,35+,36-/m1/s1. The molecule has 4 aliphatic rings. The summed E-state index contributed by atoms with van der Waals surface area (Å²) in [6.45, 7) is 5.45. The van der Waals surface area contributed by atoms with Crippen LogP contribution in [0.5, 0.6) is 11.5 Å². The van der Waals surface area contributed by atoms with Crippen LogP contribution in [0.4, 0.5) is 0 Å². The third-order valence-electron chi connectivity index (χ3n) is 11.0. The Hall–Kier alpha value is -4.35. The van der Waals surface area contributed by atoms with Gasteiger partial charge in [-0.05, 0) is 86.5 Å². The molecular formula is C36H37N3O5. The predicted molar refractivity (Wildman–Crippen MR) is 166 cm³/mol. The van der Waals surface area contributed by atoms with E-state index >= 15 is 0 Å². The minimum Gasteiger partial charge on any atom is -0.504 e. The van der Waals surface area contributed by atoms with Crippen LogP contribution in [0.1, 0.15) is 52.6 Å². The van der Waals surface area contributed by atoms with Gasteiger partial charge in [-0.25, -0.2) is 0 Å². The lowest BCUT2D eigenvalue weighted by Crippen LogP contribution is -2.80. The zero-order valence-corrected chi connectivity index (χ0v) is 25.4. The highest BCUT2D eigenvalue weighted by atomic mass is 16.6. The lowest BCUT2D eigenvalue weighted by Gasteiger charge is -2.61.